The summed E-state index contributed by atoms with van der Waals surface area (Å²) in [7, 11) is 0. The molecule has 0 unspecified atom stereocenters. The van der Waals surface area contributed by atoms with Gasteiger partial charge in [-0.25, -0.2) is 0 Å². The molecular formula is C35H40O2. The van der Waals surface area contributed by atoms with Crippen molar-refractivity contribution in [1.29, 1.82) is 0 Å². The quantitative estimate of drug-likeness (QED) is 0.245. The zero-order valence-corrected chi connectivity index (χ0v) is 22.8. The van der Waals surface area contributed by atoms with Crippen LogP contribution in [-0.2, 0) is 23.7 Å². The Bertz CT molecular complexity index is 1210. The van der Waals surface area contributed by atoms with Crippen LogP contribution in [0.25, 0.3) is 0 Å². The third-order valence-corrected chi connectivity index (χ3v) is 7.85. The molecule has 192 valence electrons. The van der Waals surface area contributed by atoms with Gasteiger partial charge < -0.3 is 10.2 Å². The molecule has 0 aromatic heterocycles. The number of phenolic OH excluding ortho intramolecular Hbond substituents is 2. The van der Waals surface area contributed by atoms with Gasteiger partial charge in [-0.2, -0.15) is 0 Å². The Balaban J connectivity index is 1.51. The summed E-state index contributed by atoms with van der Waals surface area (Å²) < 4.78 is 0. The molecule has 0 saturated heterocycles. The molecule has 0 amide bonds. The minimum atomic E-state index is -0.0838. The van der Waals surface area contributed by atoms with E-state index in [0.717, 1.165) is 30.4 Å². The Labute approximate surface area is 222 Å². The normalized spacial score (nSPS) is 12.2. The summed E-state index contributed by atoms with van der Waals surface area (Å²) in [5, 5.41) is 20.5. The molecule has 0 aliphatic rings. The topological polar surface area (TPSA) is 40.5 Å². The minimum absolute atomic E-state index is 0.0838. The molecule has 0 aliphatic carbocycles. The van der Waals surface area contributed by atoms with E-state index in [9.17, 15) is 10.2 Å². The summed E-state index contributed by atoms with van der Waals surface area (Å²) in [4.78, 5) is 0. The van der Waals surface area contributed by atoms with Gasteiger partial charge in [-0.3, -0.25) is 0 Å². The van der Waals surface area contributed by atoms with Crippen LogP contribution in [-0.4, -0.2) is 10.2 Å². The van der Waals surface area contributed by atoms with E-state index in [2.05, 4.69) is 83.1 Å². The summed E-state index contributed by atoms with van der Waals surface area (Å²) >= 11 is 0. The molecule has 0 radical (unpaired) electrons. The van der Waals surface area contributed by atoms with Crippen LogP contribution in [0.4, 0.5) is 0 Å². The third kappa shape index (κ3) is 6.07. The maximum absolute atomic E-state index is 10.2. The van der Waals surface area contributed by atoms with Crippen molar-refractivity contribution in [2.45, 2.75) is 70.6 Å². The average molecular weight is 493 g/mol. The second-order valence-corrected chi connectivity index (χ2v) is 11.6. The van der Waals surface area contributed by atoms with Gasteiger partial charge in [-0.15, -0.1) is 0 Å². The second kappa shape index (κ2) is 10.8. The van der Waals surface area contributed by atoms with Crippen LogP contribution in [0.2, 0.25) is 0 Å². The predicted molar refractivity (Wildman–Crippen MR) is 155 cm³/mol. The van der Waals surface area contributed by atoms with Crippen molar-refractivity contribution in [3.63, 3.8) is 0 Å². The number of hydrogen-bond donors (Lipinski definition) is 2. The Morgan fingerprint density at radius 3 is 1.22 bits per heavy atom. The molecule has 0 spiro atoms. The van der Waals surface area contributed by atoms with Crippen molar-refractivity contribution in [1.82, 2.24) is 0 Å². The lowest BCUT2D eigenvalue weighted by molar-refractivity contribution is 0.450. The van der Waals surface area contributed by atoms with E-state index >= 15 is 0 Å². The lowest BCUT2D eigenvalue weighted by Crippen LogP contribution is -2.21. The number of rotatable bonds is 9. The van der Waals surface area contributed by atoms with Gasteiger partial charge in [-0.1, -0.05) is 120 Å². The van der Waals surface area contributed by atoms with Gasteiger partial charge in [0.25, 0.3) is 0 Å². The number of aromatic hydroxyl groups is 2. The molecular weight excluding hydrogens is 452 g/mol. The molecule has 2 nitrogen and oxygen atoms in total. The first-order chi connectivity index (χ1) is 17.6. The standard InChI is InChI=1S/C35H40O2/c1-6-31(25-15-19-29(20-16-25)34(2,3)23-27-11-7-9-13-32(27)36)26-17-21-30(22-18-26)35(4,5)24-28-12-8-10-14-33(28)37/h7-22,31,36-37H,6,23-24H2,1-5H3. The first-order valence-corrected chi connectivity index (χ1v) is 13.4. The fourth-order valence-corrected chi connectivity index (χ4v) is 5.47. The average Bonchev–Trinajstić information content (AvgIpc) is 2.88. The van der Waals surface area contributed by atoms with E-state index in [-0.39, 0.29) is 10.8 Å². The van der Waals surface area contributed by atoms with Crippen LogP contribution in [0.5, 0.6) is 11.5 Å². The van der Waals surface area contributed by atoms with Gasteiger partial charge in [0, 0.05) is 5.92 Å². The lowest BCUT2D eigenvalue weighted by atomic mass is 9.77. The van der Waals surface area contributed by atoms with E-state index in [1.807, 2.05) is 36.4 Å². The van der Waals surface area contributed by atoms with Crippen molar-refractivity contribution in [2.75, 3.05) is 0 Å². The predicted octanol–water partition coefficient (Wildman–Crippen LogP) is 8.68. The molecule has 4 aromatic carbocycles. The van der Waals surface area contributed by atoms with Crippen molar-refractivity contribution in [2.24, 2.45) is 0 Å². The fraction of sp³-hybridized carbons (Fsp3) is 0.314. The molecule has 0 saturated carbocycles. The number of phenols is 2. The summed E-state index contributed by atoms with van der Waals surface area (Å²) in [6, 6.07) is 33.3. The summed E-state index contributed by atoms with van der Waals surface area (Å²) in [6.45, 7) is 11.2. The number of hydrogen-bond acceptors (Lipinski definition) is 2. The van der Waals surface area contributed by atoms with Crippen molar-refractivity contribution >= 4 is 0 Å². The highest BCUT2D eigenvalue weighted by Crippen LogP contribution is 2.36. The van der Waals surface area contributed by atoms with E-state index in [1.54, 1.807) is 12.1 Å². The summed E-state index contributed by atoms with van der Waals surface area (Å²) in [5.74, 6) is 1.07. The largest absolute Gasteiger partial charge is 0.508 e. The highest BCUT2D eigenvalue weighted by atomic mass is 16.3. The van der Waals surface area contributed by atoms with Crippen molar-refractivity contribution in [3.05, 3.63) is 130 Å². The molecule has 2 N–H and O–H groups in total. The van der Waals surface area contributed by atoms with Crippen molar-refractivity contribution in [3.8, 4) is 11.5 Å². The minimum Gasteiger partial charge on any atom is -0.508 e. The molecule has 0 aliphatic heterocycles. The zero-order valence-electron chi connectivity index (χ0n) is 22.8. The maximum Gasteiger partial charge on any atom is 0.118 e. The Kier molecular flexibility index (Phi) is 7.78. The maximum atomic E-state index is 10.2. The SMILES string of the molecule is CCC(c1ccc(C(C)(C)Cc2ccccc2O)cc1)c1ccc(C(C)(C)Cc2ccccc2O)cc1. The molecule has 0 fully saturated rings. The molecule has 2 heteroatoms. The van der Waals surface area contributed by atoms with Crippen LogP contribution >= 0.6 is 0 Å². The summed E-state index contributed by atoms with van der Waals surface area (Å²) in [5.41, 5.74) is 6.99. The first kappa shape index (κ1) is 26.5. The molecule has 37 heavy (non-hydrogen) atoms. The Morgan fingerprint density at radius 1 is 0.541 bits per heavy atom. The zero-order chi connectivity index (χ0) is 26.6. The van der Waals surface area contributed by atoms with Gasteiger partial charge in [-0.05, 0) is 75.6 Å². The molecule has 0 bridgehead atoms. The molecule has 0 atom stereocenters. The second-order valence-electron chi connectivity index (χ2n) is 11.6. The molecule has 4 aromatic rings. The van der Waals surface area contributed by atoms with Crippen LogP contribution in [0.3, 0.4) is 0 Å². The number of para-hydroxylation sites is 2. The van der Waals surface area contributed by atoms with Gasteiger partial charge in [0.1, 0.15) is 11.5 Å². The highest BCUT2D eigenvalue weighted by Gasteiger charge is 2.25. The first-order valence-electron chi connectivity index (χ1n) is 13.4. The molecule has 4 rings (SSSR count). The van der Waals surface area contributed by atoms with Gasteiger partial charge in [0.2, 0.25) is 0 Å². The third-order valence-electron chi connectivity index (χ3n) is 7.85. The van der Waals surface area contributed by atoms with Gasteiger partial charge >= 0.3 is 0 Å². The van der Waals surface area contributed by atoms with E-state index in [0.29, 0.717) is 17.4 Å². The fourth-order valence-electron chi connectivity index (χ4n) is 5.47. The summed E-state index contributed by atoms with van der Waals surface area (Å²) in [6.07, 6.45) is 2.60. The van der Waals surface area contributed by atoms with Crippen molar-refractivity contribution < 1.29 is 10.2 Å². The Hall–Kier alpha value is -3.52. The lowest BCUT2D eigenvalue weighted by Gasteiger charge is -2.28. The smallest absolute Gasteiger partial charge is 0.118 e. The number of benzene rings is 4. The van der Waals surface area contributed by atoms with Crippen LogP contribution < -0.4 is 0 Å². The van der Waals surface area contributed by atoms with Crippen LogP contribution in [0.15, 0.2) is 97.1 Å². The van der Waals surface area contributed by atoms with E-state index in [1.165, 1.54) is 22.3 Å². The molecule has 0 heterocycles. The van der Waals surface area contributed by atoms with E-state index in [4.69, 9.17) is 0 Å². The van der Waals surface area contributed by atoms with Gasteiger partial charge in [0.05, 0.1) is 0 Å². The van der Waals surface area contributed by atoms with Gasteiger partial charge in [0.15, 0.2) is 0 Å². The van der Waals surface area contributed by atoms with Crippen LogP contribution in [0.1, 0.15) is 80.3 Å². The Morgan fingerprint density at radius 2 is 0.892 bits per heavy atom. The highest BCUT2D eigenvalue weighted by molar-refractivity contribution is 5.41. The monoisotopic (exact) mass is 492 g/mol. The van der Waals surface area contributed by atoms with Crippen LogP contribution in [0, 0.1) is 0 Å². The van der Waals surface area contributed by atoms with E-state index < -0.39 is 0 Å².